The number of benzene rings is 2. The Hall–Kier alpha value is -3.50. The molecule has 1 heterocycles. The number of dihydropyridines is 1. The van der Waals surface area contributed by atoms with Crippen molar-refractivity contribution in [3.63, 3.8) is 0 Å². The molecular weight excluding hydrogens is 594 g/mol. The van der Waals surface area contributed by atoms with Crippen molar-refractivity contribution in [1.29, 1.82) is 0 Å². The zero-order chi connectivity index (χ0) is 29.7. The molecule has 1 N–H and O–H groups in total. The largest absolute Gasteiger partial charge is 0.493 e. The van der Waals surface area contributed by atoms with E-state index in [1.165, 1.54) is 0 Å². The van der Waals surface area contributed by atoms with Crippen molar-refractivity contribution in [2.75, 3.05) is 48.3 Å². The molecule has 9 nitrogen and oxygen atoms in total. The maximum atomic E-state index is 14.0. The lowest BCUT2D eigenvalue weighted by molar-refractivity contribution is -0.140. The van der Waals surface area contributed by atoms with Crippen molar-refractivity contribution in [1.82, 2.24) is 5.32 Å². The number of ether oxygens (including phenoxy) is 6. The van der Waals surface area contributed by atoms with Crippen LogP contribution < -0.4 is 24.3 Å². The van der Waals surface area contributed by atoms with Gasteiger partial charge in [0.1, 0.15) is 6.61 Å². The third kappa shape index (κ3) is 6.23. The Balaban J connectivity index is 1.80. The molecule has 1 aliphatic heterocycles. The molecule has 0 bridgehead atoms. The fourth-order valence-corrected chi connectivity index (χ4v) is 6.02. The molecule has 0 spiro atoms. The first-order valence-electron chi connectivity index (χ1n) is 13.4. The van der Waals surface area contributed by atoms with Crippen molar-refractivity contribution in [2.45, 2.75) is 38.5 Å². The first-order chi connectivity index (χ1) is 19.8. The van der Waals surface area contributed by atoms with Gasteiger partial charge in [0.05, 0.1) is 40.6 Å². The number of halogens is 1. The smallest absolute Gasteiger partial charge is 0.336 e. The second kappa shape index (κ2) is 13.4. The van der Waals surface area contributed by atoms with Crippen LogP contribution in [-0.2, 0) is 19.1 Å². The fraction of sp³-hybridized carbons (Fsp3) is 0.419. The standard InChI is InChI=1S/C31H36BrNO8/c1-7-40-10-11-41-31(35)28-17(2)33-22-12-19(18-8-9-24(36-3)25(14-18)37-4)13-23(34)30(22)29(28)20-15-26(38-5)27(39-6)16-21(20)32/h8-9,14-16,19,29,33H,7,10-13H2,1-6H3/t19-,29-/m0/s1. The molecule has 10 heteroatoms. The molecule has 2 aliphatic rings. The van der Waals surface area contributed by atoms with Crippen LogP contribution in [0.4, 0.5) is 0 Å². The molecule has 0 saturated heterocycles. The highest BCUT2D eigenvalue weighted by molar-refractivity contribution is 9.10. The molecule has 2 aromatic carbocycles. The van der Waals surface area contributed by atoms with Gasteiger partial charge in [0.15, 0.2) is 28.8 Å². The number of carbonyl (C=O) groups is 2. The van der Waals surface area contributed by atoms with E-state index in [1.807, 2.05) is 32.0 Å². The average molecular weight is 631 g/mol. The lowest BCUT2D eigenvalue weighted by atomic mass is 9.71. The van der Waals surface area contributed by atoms with Gasteiger partial charge in [-0.05, 0) is 61.6 Å². The molecule has 0 radical (unpaired) electrons. The van der Waals surface area contributed by atoms with E-state index in [9.17, 15) is 9.59 Å². The highest BCUT2D eigenvalue weighted by Crippen LogP contribution is 2.49. The van der Waals surface area contributed by atoms with Gasteiger partial charge in [-0.2, -0.15) is 0 Å². The predicted octanol–water partition coefficient (Wildman–Crippen LogP) is 5.42. The van der Waals surface area contributed by atoms with E-state index in [1.54, 1.807) is 40.6 Å². The Morgan fingerprint density at radius 3 is 2.24 bits per heavy atom. The highest BCUT2D eigenvalue weighted by Gasteiger charge is 2.42. The number of carbonyl (C=O) groups excluding carboxylic acids is 2. The zero-order valence-corrected chi connectivity index (χ0v) is 25.8. The van der Waals surface area contributed by atoms with Crippen LogP contribution >= 0.6 is 15.9 Å². The van der Waals surface area contributed by atoms with Crippen molar-refractivity contribution in [3.05, 3.63) is 68.5 Å². The van der Waals surface area contributed by atoms with Crippen LogP contribution in [0, 0.1) is 0 Å². The topological polar surface area (TPSA) is 102 Å². The monoisotopic (exact) mass is 629 g/mol. The molecule has 220 valence electrons. The number of Topliss-reactive ketones (excluding diaryl/α,β-unsaturated/α-hetero) is 1. The molecular formula is C31H36BrNO8. The van der Waals surface area contributed by atoms with Crippen molar-refractivity contribution < 1.29 is 38.0 Å². The number of esters is 1. The van der Waals surface area contributed by atoms with Crippen LogP contribution in [0.1, 0.15) is 49.7 Å². The van der Waals surface area contributed by atoms with E-state index in [4.69, 9.17) is 28.4 Å². The molecule has 0 amide bonds. The summed E-state index contributed by atoms with van der Waals surface area (Å²) in [5, 5.41) is 3.38. The van der Waals surface area contributed by atoms with E-state index in [0.717, 1.165) is 11.3 Å². The minimum absolute atomic E-state index is 0.0580. The lowest BCUT2D eigenvalue weighted by Crippen LogP contribution is -2.36. The van der Waals surface area contributed by atoms with Gasteiger partial charge in [-0.25, -0.2) is 4.79 Å². The summed E-state index contributed by atoms with van der Waals surface area (Å²) >= 11 is 3.66. The van der Waals surface area contributed by atoms with Crippen LogP contribution in [0.15, 0.2) is 57.3 Å². The number of nitrogens with one attached hydrogen (secondary N) is 1. The minimum Gasteiger partial charge on any atom is -0.493 e. The maximum absolute atomic E-state index is 14.0. The molecule has 4 rings (SSSR count). The average Bonchev–Trinajstić information content (AvgIpc) is 2.97. The molecule has 1 aliphatic carbocycles. The van der Waals surface area contributed by atoms with E-state index in [0.29, 0.717) is 62.9 Å². The van der Waals surface area contributed by atoms with Gasteiger partial charge in [0, 0.05) is 40.4 Å². The number of methoxy groups -OCH3 is 4. The molecule has 0 fully saturated rings. The summed E-state index contributed by atoms with van der Waals surface area (Å²) in [6.07, 6.45) is 0.838. The Morgan fingerprint density at radius 2 is 1.59 bits per heavy atom. The first-order valence-corrected chi connectivity index (χ1v) is 14.2. The second-order valence-electron chi connectivity index (χ2n) is 9.69. The Bertz CT molecular complexity index is 1380. The first kappa shape index (κ1) is 30.5. The zero-order valence-electron chi connectivity index (χ0n) is 24.2. The fourth-order valence-electron chi connectivity index (χ4n) is 5.47. The van der Waals surface area contributed by atoms with Gasteiger partial charge < -0.3 is 33.7 Å². The SMILES string of the molecule is CCOCCOC(=O)C1=C(C)NC2=C(C(=O)C[C@@H](c3ccc(OC)c(OC)c3)C2)[C@H]1c1cc(OC)c(OC)cc1Br. The van der Waals surface area contributed by atoms with Crippen LogP contribution in [-0.4, -0.2) is 60.0 Å². The van der Waals surface area contributed by atoms with Crippen molar-refractivity contribution in [3.8, 4) is 23.0 Å². The number of ketones is 1. The lowest BCUT2D eigenvalue weighted by Gasteiger charge is -2.37. The summed E-state index contributed by atoms with van der Waals surface area (Å²) in [6.45, 7) is 4.61. The molecule has 0 aromatic heterocycles. The molecule has 2 atom stereocenters. The van der Waals surface area contributed by atoms with E-state index in [2.05, 4.69) is 21.2 Å². The second-order valence-corrected chi connectivity index (χ2v) is 10.5. The Labute approximate surface area is 248 Å². The highest BCUT2D eigenvalue weighted by atomic mass is 79.9. The molecule has 0 unspecified atom stereocenters. The third-order valence-electron chi connectivity index (χ3n) is 7.41. The van der Waals surface area contributed by atoms with E-state index < -0.39 is 11.9 Å². The Morgan fingerprint density at radius 1 is 0.927 bits per heavy atom. The van der Waals surface area contributed by atoms with E-state index in [-0.39, 0.29) is 31.3 Å². The number of hydrogen-bond donors (Lipinski definition) is 1. The normalized spacial score (nSPS) is 18.5. The van der Waals surface area contributed by atoms with Crippen LogP contribution in [0.5, 0.6) is 23.0 Å². The predicted molar refractivity (Wildman–Crippen MR) is 157 cm³/mol. The van der Waals surface area contributed by atoms with Crippen LogP contribution in [0.3, 0.4) is 0 Å². The number of rotatable bonds is 11. The summed E-state index contributed by atoms with van der Waals surface area (Å²) in [5.41, 5.74) is 3.97. The van der Waals surface area contributed by atoms with Crippen LogP contribution in [0.25, 0.3) is 0 Å². The van der Waals surface area contributed by atoms with Gasteiger partial charge in [0.25, 0.3) is 0 Å². The van der Waals surface area contributed by atoms with Gasteiger partial charge in [-0.3, -0.25) is 4.79 Å². The quantitative estimate of drug-likeness (QED) is 0.258. The minimum atomic E-state index is -0.682. The van der Waals surface area contributed by atoms with Gasteiger partial charge >= 0.3 is 5.97 Å². The number of allylic oxidation sites excluding steroid dienone is 3. The van der Waals surface area contributed by atoms with Crippen molar-refractivity contribution in [2.24, 2.45) is 0 Å². The molecule has 41 heavy (non-hydrogen) atoms. The van der Waals surface area contributed by atoms with Crippen molar-refractivity contribution >= 4 is 27.7 Å². The van der Waals surface area contributed by atoms with Gasteiger partial charge in [-0.15, -0.1) is 0 Å². The number of hydrogen-bond acceptors (Lipinski definition) is 9. The maximum Gasteiger partial charge on any atom is 0.336 e. The summed E-state index contributed by atoms with van der Waals surface area (Å²) in [4.78, 5) is 27.6. The van der Waals surface area contributed by atoms with Crippen LogP contribution in [0.2, 0.25) is 0 Å². The summed E-state index contributed by atoms with van der Waals surface area (Å²) in [7, 11) is 6.28. The molecule has 0 saturated carbocycles. The Kier molecular flexibility index (Phi) is 9.99. The summed E-state index contributed by atoms with van der Waals surface area (Å²) < 4.78 is 33.6. The van der Waals surface area contributed by atoms with Gasteiger partial charge in [-0.1, -0.05) is 22.0 Å². The summed E-state index contributed by atoms with van der Waals surface area (Å²) in [6, 6.07) is 9.31. The van der Waals surface area contributed by atoms with E-state index >= 15 is 0 Å². The molecule has 2 aromatic rings. The summed E-state index contributed by atoms with van der Waals surface area (Å²) in [5.74, 6) is 0.901. The van der Waals surface area contributed by atoms with Gasteiger partial charge in [0.2, 0.25) is 0 Å². The third-order valence-corrected chi connectivity index (χ3v) is 8.09.